The summed E-state index contributed by atoms with van der Waals surface area (Å²) in [5.74, 6) is 2.23. The lowest BCUT2D eigenvalue weighted by Gasteiger charge is -2.29. The summed E-state index contributed by atoms with van der Waals surface area (Å²) in [6, 6.07) is 0. The Bertz CT molecular complexity index is 756. The summed E-state index contributed by atoms with van der Waals surface area (Å²) in [6.07, 6.45) is 4.58. The van der Waals surface area contributed by atoms with E-state index in [1.807, 2.05) is 0 Å². The fourth-order valence-corrected chi connectivity index (χ4v) is 4.54. The van der Waals surface area contributed by atoms with Gasteiger partial charge in [0, 0.05) is 4.88 Å². The average molecular weight is 348 g/mol. The lowest BCUT2D eigenvalue weighted by Crippen LogP contribution is -2.33. The van der Waals surface area contributed by atoms with Crippen LogP contribution in [0.15, 0.2) is 4.79 Å². The van der Waals surface area contributed by atoms with E-state index in [0.29, 0.717) is 5.92 Å². The molecule has 5 heteroatoms. The van der Waals surface area contributed by atoms with Crippen molar-refractivity contribution in [2.45, 2.75) is 59.9 Å². The minimum absolute atomic E-state index is 0.0445. The molecule has 2 aromatic rings. The third-order valence-electron chi connectivity index (χ3n) is 5.41. The van der Waals surface area contributed by atoms with Crippen LogP contribution in [-0.2, 0) is 13.0 Å². The molecule has 24 heavy (non-hydrogen) atoms. The molecular weight excluding hydrogens is 318 g/mol. The second-order valence-corrected chi connectivity index (χ2v) is 8.71. The van der Waals surface area contributed by atoms with Crippen LogP contribution in [0.5, 0.6) is 0 Å². The number of rotatable bonds is 5. The van der Waals surface area contributed by atoms with Gasteiger partial charge in [-0.05, 0) is 56.7 Å². The van der Waals surface area contributed by atoms with Crippen molar-refractivity contribution < 1.29 is 0 Å². The Hall–Kier alpha value is -1.20. The van der Waals surface area contributed by atoms with Crippen molar-refractivity contribution in [1.82, 2.24) is 14.9 Å². The normalized spacial score (nSPS) is 18.3. The molecule has 3 heterocycles. The monoisotopic (exact) mass is 347 g/mol. The molecule has 3 rings (SSSR count). The fraction of sp³-hybridized carbons (Fsp3) is 0.684. The van der Waals surface area contributed by atoms with Crippen molar-refractivity contribution in [3.8, 4) is 0 Å². The fourth-order valence-electron chi connectivity index (χ4n) is 3.47. The topological polar surface area (TPSA) is 49.0 Å². The van der Waals surface area contributed by atoms with Crippen molar-refractivity contribution >= 4 is 21.6 Å². The van der Waals surface area contributed by atoms with E-state index in [4.69, 9.17) is 4.98 Å². The van der Waals surface area contributed by atoms with E-state index in [1.54, 1.807) is 11.3 Å². The molecule has 1 aliphatic heterocycles. The molecule has 0 aromatic carbocycles. The van der Waals surface area contributed by atoms with Gasteiger partial charge in [0.1, 0.15) is 10.7 Å². The molecular formula is C19H29N3OS. The quantitative estimate of drug-likeness (QED) is 0.885. The van der Waals surface area contributed by atoms with Gasteiger partial charge in [0.05, 0.1) is 11.9 Å². The summed E-state index contributed by atoms with van der Waals surface area (Å²) >= 11 is 1.67. The molecule has 4 nitrogen and oxygen atoms in total. The Balaban J connectivity index is 1.87. The van der Waals surface area contributed by atoms with Crippen LogP contribution in [0, 0.1) is 18.8 Å². The van der Waals surface area contributed by atoms with Gasteiger partial charge in [0.2, 0.25) is 0 Å². The number of thiophene rings is 1. The minimum atomic E-state index is 0.0445. The first-order valence-corrected chi connectivity index (χ1v) is 10.0. The van der Waals surface area contributed by atoms with Crippen LogP contribution in [0.2, 0.25) is 0 Å². The van der Waals surface area contributed by atoms with Crippen LogP contribution in [-0.4, -0.2) is 28.0 Å². The van der Waals surface area contributed by atoms with E-state index in [-0.39, 0.29) is 5.56 Å². The molecule has 1 unspecified atom stereocenters. The van der Waals surface area contributed by atoms with E-state index in [1.165, 1.54) is 23.3 Å². The van der Waals surface area contributed by atoms with Gasteiger partial charge >= 0.3 is 0 Å². The van der Waals surface area contributed by atoms with Crippen LogP contribution in [0.3, 0.4) is 0 Å². The Labute approximate surface area is 148 Å². The highest BCUT2D eigenvalue weighted by Gasteiger charge is 2.19. The van der Waals surface area contributed by atoms with Crippen molar-refractivity contribution in [2.75, 3.05) is 13.1 Å². The third kappa shape index (κ3) is 3.72. The van der Waals surface area contributed by atoms with Crippen molar-refractivity contribution in [3.63, 3.8) is 0 Å². The van der Waals surface area contributed by atoms with E-state index < -0.39 is 0 Å². The van der Waals surface area contributed by atoms with Gasteiger partial charge in [-0.2, -0.15) is 0 Å². The highest BCUT2D eigenvalue weighted by molar-refractivity contribution is 7.18. The number of fused-ring (bicyclic) bond motifs is 1. The van der Waals surface area contributed by atoms with Gasteiger partial charge in [0.15, 0.2) is 0 Å². The zero-order chi connectivity index (χ0) is 17.3. The van der Waals surface area contributed by atoms with Gasteiger partial charge in [-0.15, -0.1) is 11.3 Å². The van der Waals surface area contributed by atoms with Crippen LogP contribution in [0.4, 0.5) is 0 Å². The predicted molar refractivity (Wildman–Crippen MR) is 102 cm³/mol. The molecule has 2 aromatic heterocycles. The van der Waals surface area contributed by atoms with Gasteiger partial charge in [-0.3, -0.25) is 9.69 Å². The first-order valence-electron chi connectivity index (χ1n) is 9.21. The molecule has 0 bridgehead atoms. The summed E-state index contributed by atoms with van der Waals surface area (Å²) in [7, 11) is 0. The Morgan fingerprint density at radius 1 is 1.38 bits per heavy atom. The molecule has 132 valence electrons. The van der Waals surface area contributed by atoms with Crippen molar-refractivity contribution in [2.24, 2.45) is 11.8 Å². The lowest BCUT2D eigenvalue weighted by atomic mass is 9.98. The van der Waals surface area contributed by atoms with E-state index >= 15 is 0 Å². The zero-order valence-electron chi connectivity index (χ0n) is 15.3. The molecule has 0 amide bonds. The second-order valence-electron chi connectivity index (χ2n) is 7.51. The van der Waals surface area contributed by atoms with Crippen LogP contribution in [0.25, 0.3) is 10.2 Å². The summed E-state index contributed by atoms with van der Waals surface area (Å²) < 4.78 is 0. The lowest BCUT2D eigenvalue weighted by molar-refractivity contribution is 0.181. The number of likely N-dealkylation sites (tertiary alicyclic amines) is 1. The molecule has 1 N–H and O–H groups in total. The Morgan fingerprint density at radius 3 is 2.75 bits per heavy atom. The molecule has 1 saturated heterocycles. The number of nitrogens with zero attached hydrogens (tertiary/aromatic N) is 2. The number of hydrogen-bond donors (Lipinski definition) is 1. The molecule has 1 aliphatic rings. The minimum Gasteiger partial charge on any atom is -0.309 e. The smallest absolute Gasteiger partial charge is 0.259 e. The van der Waals surface area contributed by atoms with Gasteiger partial charge in [-0.1, -0.05) is 27.2 Å². The highest BCUT2D eigenvalue weighted by atomic mass is 32.1. The standard InChI is InChI=1S/C19H29N3OS/c1-5-12(2)10-15-14(4)24-19-17(15)18(23)20-16(21-19)11-22-8-6-13(3)7-9-22/h12-13H,5-11H2,1-4H3,(H,20,21,23). The highest BCUT2D eigenvalue weighted by Crippen LogP contribution is 2.29. The largest absolute Gasteiger partial charge is 0.309 e. The number of nitrogens with one attached hydrogen (secondary N) is 1. The summed E-state index contributed by atoms with van der Waals surface area (Å²) in [6.45, 7) is 11.9. The molecule has 1 fully saturated rings. The van der Waals surface area contributed by atoms with Crippen LogP contribution < -0.4 is 5.56 Å². The van der Waals surface area contributed by atoms with Crippen LogP contribution >= 0.6 is 11.3 Å². The van der Waals surface area contributed by atoms with Crippen molar-refractivity contribution in [3.05, 3.63) is 26.6 Å². The van der Waals surface area contributed by atoms with Crippen molar-refractivity contribution in [1.29, 1.82) is 0 Å². The summed E-state index contributed by atoms with van der Waals surface area (Å²) in [5.41, 5.74) is 1.25. The SMILES string of the molecule is CCC(C)Cc1c(C)sc2nc(CN3CCC(C)CC3)[nH]c(=O)c12. The first-order chi connectivity index (χ1) is 11.5. The number of H-pyrrole nitrogens is 1. The molecule has 0 radical (unpaired) electrons. The van der Waals surface area contributed by atoms with E-state index in [2.05, 4.69) is 37.6 Å². The third-order valence-corrected chi connectivity index (χ3v) is 6.45. The molecule has 0 spiro atoms. The zero-order valence-corrected chi connectivity index (χ0v) is 16.1. The van der Waals surface area contributed by atoms with Crippen LogP contribution in [0.1, 0.15) is 56.3 Å². The molecule has 0 aliphatic carbocycles. The molecule has 0 saturated carbocycles. The molecule has 1 atom stereocenters. The summed E-state index contributed by atoms with van der Waals surface area (Å²) in [5, 5.41) is 0.828. The van der Waals surface area contributed by atoms with E-state index in [0.717, 1.165) is 54.4 Å². The second kappa shape index (κ2) is 7.36. The number of aryl methyl sites for hydroxylation is 1. The first kappa shape index (κ1) is 17.6. The summed E-state index contributed by atoms with van der Waals surface area (Å²) in [4.78, 5) is 25.1. The number of hydrogen-bond acceptors (Lipinski definition) is 4. The maximum atomic E-state index is 12.7. The Kier molecular flexibility index (Phi) is 5.40. The van der Waals surface area contributed by atoms with Gasteiger partial charge in [-0.25, -0.2) is 4.98 Å². The maximum Gasteiger partial charge on any atom is 0.259 e. The number of aromatic nitrogens is 2. The Morgan fingerprint density at radius 2 is 2.08 bits per heavy atom. The average Bonchev–Trinajstić information content (AvgIpc) is 2.85. The maximum absolute atomic E-state index is 12.7. The number of piperidine rings is 1. The number of aromatic amines is 1. The predicted octanol–water partition coefficient (Wildman–Crippen LogP) is 4.11. The van der Waals surface area contributed by atoms with E-state index in [9.17, 15) is 4.79 Å². The van der Waals surface area contributed by atoms with Gasteiger partial charge < -0.3 is 4.98 Å². The van der Waals surface area contributed by atoms with Gasteiger partial charge in [0.25, 0.3) is 5.56 Å².